The Labute approximate surface area is 196 Å². The van der Waals surface area contributed by atoms with Crippen LogP contribution in [-0.4, -0.2) is 61.2 Å². The van der Waals surface area contributed by atoms with E-state index in [1.165, 1.54) is 25.1 Å². The third-order valence-corrected chi connectivity index (χ3v) is 4.23. The van der Waals surface area contributed by atoms with Crippen molar-refractivity contribution in [2.45, 2.75) is 58.4 Å². The second-order valence-corrected chi connectivity index (χ2v) is 6.98. The third kappa shape index (κ3) is 7.99. The first kappa shape index (κ1) is 27.8. The highest BCUT2D eigenvalue weighted by Gasteiger charge is 2.53. The predicted molar refractivity (Wildman–Crippen MR) is 115 cm³/mol. The number of halogens is 1. The van der Waals surface area contributed by atoms with E-state index in [2.05, 4.69) is 0 Å². The summed E-state index contributed by atoms with van der Waals surface area (Å²) in [7, 11) is 0. The summed E-state index contributed by atoms with van der Waals surface area (Å²) in [6.07, 6.45) is -6.47. The quantitative estimate of drug-likeness (QED) is 0.311. The van der Waals surface area contributed by atoms with Gasteiger partial charge >= 0.3 is 23.9 Å². The highest BCUT2D eigenvalue weighted by Crippen LogP contribution is 2.33. The molecule has 0 aliphatic carbocycles. The average Bonchev–Trinajstić information content (AvgIpc) is 2.65. The summed E-state index contributed by atoms with van der Waals surface area (Å²) in [5.41, 5.74) is 12.2. The molecule has 5 unspecified atom stereocenters. The van der Waals surface area contributed by atoms with Gasteiger partial charge in [-0.2, -0.15) is 0 Å². The van der Waals surface area contributed by atoms with Crippen LogP contribution in [0.2, 0.25) is 0 Å². The number of nitrogen functional groups attached to an aromatic ring is 2. The van der Waals surface area contributed by atoms with Gasteiger partial charge in [-0.1, -0.05) is 0 Å². The van der Waals surface area contributed by atoms with Gasteiger partial charge in [0.25, 0.3) is 0 Å². The minimum absolute atomic E-state index is 0. The molecule has 1 fully saturated rings. The number of benzene rings is 1. The predicted octanol–water partition coefficient (Wildman–Crippen LogP) is 0.735. The van der Waals surface area contributed by atoms with Gasteiger partial charge in [-0.3, -0.25) is 19.2 Å². The molecule has 12 nitrogen and oxygen atoms in total. The first-order chi connectivity index (χ1) is 15.0. The van der Waals surface area contributed by atoms with Crippen molar-refractivity contribution in [1.29, 1.82) is 0 Å². The molecule has 2 rings (SSSR count). The summed E-state index contributed by atoms with van der Waals surface area (Å²) in [6, 6.07) is 4.44. The van der Waals surface area contributed by atoms with Crippen LogP contribution in [0.5, 0.6) is 5.75 Å². The Hall–Kier alpha value is -3.25. The Kier molecular flexibility index (Phi) is 10.2. The number of carbonyl (C=O) groups is 4. The molecule has 4 N–H and O–H groups in total. The molecule has 33 heavy (non-hydrogen) atoms. The van der Waals surface area contributed by atoms with E-state index in [4.69, 9.17) is 39.9 Å². The lowest BCUT2D eigenvalue weighted by atomic mass is 9.98. The molecule has 5 atom stereocenters. The van der Waals surface area contributed by atoms with Crippen molar-refractivity contribution in [1.82, 2.24) is 0 Å². The third-order valence-electron chi connectivity index (χ3n) is 4.23. The number of hydrogen-bond acceptors (Lipinski definition) is 12. The van der Waals surface area contributed by atoms with E-state index in [9.17, 15) is 19.2 Å². The lowest BCUT2D eigenvalue weighted by Gasteiger charge is -2.44. The summed E-state index contributed by atoms with van der Waals surface area (Å²) in [4.78, 5) is 46.6. The fourth-order valence-corrected chi connectivity index (χ4v) is 3.08. The molecule has 0 saturated carbocycles. The van der Waals surface area contributed by atoms with Gasteiger partial charge in [0.05, 0.1) is 5.69 Å². The number of esters is 4. The van der Waals surface area contributed by atoms with Crippen LogP contribution < -0.4 is 16.2 Å². The van der Waals surface area contributed by atoms with Crippen LogP contribution in [0.25, 0.3) is 0 Å². The van der Waals surface area contributed by atoms with E-state index in [0.717, 1.165) is 20.8 Å². The molecule has 1 aromatic carbocycles. The molecule has 1 aliphatic heterocycles. The van der Waals surface area contributed by atoms with Gasteiger partial charge in [-0.15, -0.1) is 12.4 Å². The van der Waals surface area contributed by atoms with E-state index >= 15 is 0 Å². The van der Waals surface area contributed by atoms with Crippen LogP contribution >= 0.6 is 12.4 Å². The van der Waals surface area contributed by atoms with E-state index in [1.54, 1.807) is 0 Å². The van der Waals surface area contributed by atoms with Crippen LogP contribution in [0, 0.1) is 0 Å². The fourth-order valence-electron chi connectivity index (χ4n) is 3.08. The normalized spacial score (nSPS) is 23.9. The van der Waals surface area contributed by atoms with Crippen LogP contribution in [0.4, 0.5) is 11.4 Å². The molecule has 0 spiro atoms. The molecular formula is C20H27ClN2O10. The fraction of sp³-hybridized carbons (Fsp3) is 0.500. The zero-order chi connectivity index (χ0) is 24.0. The van der Waals surface area contributed by atoms with E-state index in [-0.39, 0.29) is 30.5 Å². The maximum atomic E-state index is 11.8. The monoisotopic (exact) mass is 490 g/mol. The molecule has 1 aliphatic rings. The topological polar surface area (TPSA) is 176 Å². The van der Waals surface area contributed by atoms with Gasteiger partial charge in [0.15, 0.2) is 12.2 Å². The van der Waals surface area contributed by atoms with Crippen molar-refractivity contribution in [3.8, 4) is 5.75 Å². The first-order valence-electron chi connectivity index (χ1n) is 9.60. The molecular weight excluding hydrogens is 464 g/mol. The smallest absolute Gasteiger partial charge is 0.303 e. The Bertz CT molecular complexity index is 880. The Balaban J connectivity index is 0.00000544. The van der Waals surface area contributed by atoms with E-state index in [0.29, 0.717) is 5.69 Å². The maximum Gasteiger partial charge on any atom is 0.303 e. The van der Waals surface area contributed by atoms with Gasteiger partial charge in [-0.25, -0.2) is 0 Å². The highest BCUT2D eigenvalue weighted by atomic mass is 35.5. The highest BCUT2D eigenvalue weighted by molar-refractivity contribution is 5.85. The lowest BCUT2D eigenvalue weighted by molar-refractivity contribution is -0.288. The van der Waals surface area contributed by atoms with Crippen LogP contribution in [-0.2, 0) is 42.9 Å². The minimum Gasteiger partial charge on any atom is -0.463 e. The largest absolute Gasteiger partial charge is 0.463 e. The van der Waals surface area contributed by atoms with Crippen molar-refractivity contribution in [3.63, 3.8) is 0 Å². The molecule has 1 heterocycles. The lowest BCUT2D eigenvalue weighted by Crippen LogP contribution is -2.63. The second kappa shape index (κ2) is 12.1. The van der Waals surface area contributed by atoms with Crippen LogP contribution in [0.3, 0.4) is 0 Å². The van der Waals surface area contributed by atoms with Gasteiger partial charge < -0.3 is 39.9 Å². The van der Waals surface area contributed by atoms with Crippen LogP contribution in [0.1, 0.15) is 27.7 Å². The zero-order valence-corrected chi connectivity index (χ0v) is 19.3. The van der Waals surface area contributed by atoms with Gasteiger partial charge in [0.2, 0.25) is 12.4 Å². The summed E-state index contributed by atoms with van der Waals surface area (Å²) in [5, 5.41) is 0. The number of carbonyl (C=O) groups excluding carboxylic acids is 4. The van der Waals surface area contributed by atoms with Crippen molar-refractivity contribution in [2.24, 2.45) is 0 Å². The second-order valence-electron chi connectivity index (χ2n) is 6.98. The molecule has 0 aromatic heterocycles. The molecule has 1 aromatic rings. The van der Waals surface area contributed by atoms with E-state index < -0.39 is 54.6 Å². The Morgan fingerprint density at radius 1 is 0.848 bits per heavy atom. The van der Waals surface area contributed by atoms with Crippen molar-refractivity contribution in [2.75, 3.05) is 18.1 Å². The van der Waals surface area contributed by atoms with Gasteiger partial charge in [0.1, 0.15) is 18.5 Å². The maximum absolute atomic E-state index is 11.8. The average molecular weight is 491 g/mol. The molecule has 184 valence electrons. The first-order valence-corrected chi connectivity index (χ1v) is 9.60. The standard InChI is InChI=1S/C20H26N2O10.ClH/c1-9(23)27-8-16-17(28-10(2)24)18(29-11(3)25)19(30-12(4)26)20(32-16)31-15-6-5-13(21)7-14(15)22;/h5-7,16-20H,8,21-22H2,1-4H3;1H. The van der Waals surface area contributed by atoms with Crippen LogP contribution in [0.15, 0.2) is 18.2 Å². The van der Waals surface area contributed by atoms with Crippen molar-refractivity contribution >= 4 is 47.7 Å². The molecule has 13 heteroatoms. The zero-order valence-electron chi connectivity index (χ0n) is 18.5. The molecule has 1 saturated heterocycles. The van der Waals surface area contributed by atoms with Gasteiger partial charge in [0, 0.05) is 33.4 Å². The SMILES string of the molecule is CC(=O)OCC1OC(Oc2ccc(N)cc2N)C(OC(C)=O)C(OC(C)=O)C1OC(C)=O.Cl. The van der Waals surface area contributed by atoms with Crippen molar-refractivity contribution < 1.29 is 47.6 Å². The van der Waals surface area contributed by atoms with Crippen molar-refractivity contribution in [3.05, 3.63) is 18.2 Å². The number of nitrogens with two attached hydrogens (primary N) is 2. The van der Waals surface area contributed by atoms with E-state index in [1.807, 2.05) is 0 Å². The Morgan fingerprint density at radius 3 is 1.91 bits per heavy atom. The Morgan fingerprint density at radius 2 is 1.39 bits per heavy atom. The molecule has 0 bridgehead atoms. The number of anilines is 2. The number of hydrogen-bond donors (Lipinski definition) is 2. The number of ether oxygens (including phenoxy) is 6. The summed E-state index contributed by atoms with van der Waals surface area (Å²) >= 11 is 0. The minimum atomic E-state index is -1.37. The summed E-state index contributed by atoms with van der Waals surface area (Å²) in [5.74, 6) is -2.70. The summed E-state index contributed by atoms with van der Waals surface area (Å²) < 4.78 is 32.6. The molecule has 0 radical (unpaired) electrons. The van der Waals surface area contributed by atoms with Gasteiger partial charge in [-0.05, 0) is 18.2 Å². The summed E-state index contributed by atoms with van der Waals surface area (Å²) in [6.45, 7) is 4.20. The molecule has 0 amide bonds. The number of rotatable bonds is 7.